The SMILES string of the molecule is CSCC[C@H](C(=O)Oc1ccc2c(C)cc(=O)oc2c1)N1C(=O)c2ccccc2C1=O. The molecule has 2 aromatic carbocycles. The molecule has 0 N–H and O–H groups in total. The van der Waals surface area contributed by atoms with E-state index in [0.717, 1.165) is 15.8 Å². The Kier molecular flexibility index (Phi) is 5.65. The lowest BCUT2D eigenvalue weighted by Crippen LogP contribution is -2.47. The van der Waals surface area contributed by atoms with Crippen molar-refractivity contribution in [2.24, 2.45) is 0 Å². The van der Waals surface area contributed by atoms with Crippen molar-refractivity contribution in [2.75, 3.05) is 12.0 Å². The highest BCUT2D eigenvalue weighted by atomic mass is 32.2. The molecule has 3 aromatic rings. The van der Waals surface area contributed by atoms with Crippen LogP contribution >= 0.6 is 11.8 Å². The van der Waals surface area contributed by atoms with Crippen LogP contribution in [0.15, 0.2) is 57.7 Å². The molecule has 0 unspecified atom stereocenters. The fraction of sp³-hybridized carbons (Fsp3) is 0.217. The highest BCUT2D eigenvalue weighted by Crippen LogP contribution is 2.28. The number of hydrogen-bond donors (Lipinski definition) is 0. The number of thioether (sulfide) groups is 1. The highest BCUT2D eigenvalue weighted by Gasteiger charge is 2.43. The van der Waals surface area contributed by atoms with Gasteiger partial charge in [-0.15, -0.1) is 0 Å². The van der Waals surface area contributed by atoms with E-state index in [1.165, 1.54) is 23.9 Å². The second-order valence-electron chi connectivity index (χ2n) is 7.15. The fourth-order valence-corrected chi connectivity index (χ4v) is 4.08. The zero-order valence-corrected chi connectivity index (χ0v) is 17.7. The molecule has 0 saturated heterocycles. The maximum absolute atomic E-state index is 13.0. The first-order valence-electron chi connectivity index (χ1n) is 9.62. The van der Waals surface area contributed by atoms with Crippen molar-refractivity contribution in [3.8, 4) is 5.75 Å². The minimum Gasteiger partial charge on any atom is -0.425 e. The first kappa shape index (κ1) is 20.9. The Bertz CT molecular complexity index is 1230. The van der Waals surface area contributed by atoms with E-state index in [1.807, 2.05) is 6.26 Å². The van der Waals surface area contributed by atoms with Crippen molar-refractivity contribution in [3.05, 3.63) is 75.6 Å². The highest BCUT2D eigenvalue weighted by molar-refractivity contribution is 7.98. The third kappa shape index (κ3) is 3.86. The van der Waals surface area contributed by atoms with Crippen LogP contribution in [-0.2, 0) is 4.79 Å². The van der Waals surface area contributed by atoms with Gasteiger partial charge in [0.05, 0.1) is 11.1 Å². The molecule has 0 saturated carbocycles. The molecule has 0 spiro atoms. The van der Waals surface area contributed by atoms with Gasteiger partial charge in [-0.2, -0.15) is 11.8 Å². The Labute approximate surface area is 182 Å². The molecule has 0 fully saturated rings. The van der Waals surface area contributed by atoms with Gasteiger partial charge < -0.3 is 9.15 Å². The molecule has 158 valence electrons. The Morgan fingerprint density at radius 1 is 1.06 bits per heavy atom. The van der Waals surface area contributed by atoms with E-state index in [4.69, 9.17) is 9.15 Å². The van der Waals surface area contributed by atoms with Crippen LogP contribution in [0.4, 0.5) is 0 Å². The number of rotatable bonds is 6. The number of fused-ring (bicyclic) bond motifs is 2. The molecule has 1 aromatic heterocycles. The normalized spacial score (nSPS) is 14.1. The standard InChI is InChI=1S/C23H19NO6S/c1-13-11-20(25)30-19-12-14(7-8-15(13)19)29-23(28)18(9-10-31-2)24-21(26)16-5-3-4-6-17(16)22(24)27/h3-8,11-12,18H,9-10H2,1-2H3/t18-/m1/s1. The molecular weight excluding hydrogens is 418 g/mol. The van der Waals surface area contributed by atoms with Crippen LogP contribution < -0.4 is 10.4 Å². The molecule has 0 radical (unpaired) electrons. The van der Waals surface area contributed by atoms with Gasteiger partial charge >= 0.3 is 11.6 Å². The number of imide groups is 1. The minimum absolute atomic E-state index is 0.164. The number of ether oxygens (including phenoxy) is 1. The molecule has 1 aliphatic rings. The van der Waals surface area contributed by atoms with E-state index in [2.05, 4.69) is 0 Å². The fourth-order valence-electron chi connectivity index (χ4n) is 3.63. The number of aryl methyl sites for hydroxylation is 1. The predicted molar refractivity (Wildman–Crippen MR) is 117 cm³/mol. The van der Waals surface area contributed by atoms with Crippen LogP contribution in [0, 0.1) is 6.92 Å². The predicted octanol–water partition coefficient (Wildman–Crippen LogP) is 3.42. The molecule has 1 atom stereocenters. The largest absolute Gasteiger partial charge is 0.425 e. The van der Waals surface area contributed by atoms with E-state index in [9.17, 15) is 19.2 Å². The van der Waals surface area contributed by atoms with E-state index in [-0.39, 0.29) is 28.9 Å². The molecule has 2 amide bonds. The van der Waals surface area contributed by atoms with Crippen LogP contribution in [0.3, 0.4) is 0 Å². The number of amides is 2. The summed E-state index contributed by atoms with van der Waals surface area (Å²) in [5, 5.41) is 0.721. The number of hydrogen-bond acceptors (Lipinski definition) is 7. The van der Waals surface area contributed by atoms with Crippen LogP contribution in [-0.4, -0.2) is 40.7 Å². The van der Waals surface area contributed by atoms with Gasteiger partial charge in [-0.3, -0.25) is 14.5 Å². The topological polar surface area (TPSA) is 93.9 Å². The molecule has 31 heavy (non-hydrogen) atoms. The van der Waals surface area contributed by atoms with Crippen molar-refractivity contribution in [1.29, 1.82) is 0 Å². The van der Waals surface area contributed by atoms with Crippen LogP contribution in [0.25, 0.3) is 11.0 Å². The van der Waals surface area contributed by atoms with Crippen molar-refractivity contribution in [3.63, 3.8) is 0 Å². The zero-order chi connectivity index (χ0) is 22.1. The van der Waals surface area contributed by atoms with Crippen molar-refractivity contribution < 1.29 is 23.5 Å². The molecule has 0 aliphatic carbocycles. The van der Waals surface area contributed by atoms with E-state index < -0.39 is 29.5 Å². The average Bonchev–Trinajstić information content (AvgIpc) is 2.99. The summed E-state index contributed by atoms with van der Waals surface area (Å²) in [6, 6.07) is 11.5. The lowest BCUT2D eigenvalue weighted by Gasteiger charge is -2.24. The van der Waals surface area contributed by atoms with Crippen LogP contribution in [0.1, 0.15) is 32.7 Å². The van der Waals surface area contributed by atoms with Gasteiger partial charge in [0.15, 0.2) is 0 Å². The minimum atomic E-state index is -1.07. The van der Waals surface area contributed by atoms with Crippen molar-refractivity contribution in [1.82, 2.24) is 4.90 Å². The van der Waals surface area contributed by atoms with E-state index >= 15 is 0 Å². The molecule has 0 bridgehead atoms. The molecular formula is C23H19NO6S. The number of nitrogens with zero attached hydrogens (tertiary/aromatic N) is 1. The molecule has 8 heteroatoms. The van der Waals surface area contributed by atoms with Gasteiger partial charge in [0.1, 0.15) is 17.4 Å². The zero-order valence-electron chi connectivity index (χ0n) is 16.9. The summed E-state index contributed by atoms with van der Waals surface area (Å²) < 4.78 is 10.7. The number of carbonyl (C=O) groups excluding carboxylic acids is 3. The third-order valence-corrected chi connectivity index (χ3v) is 5.79. The molecule has 1 aliphatic heterocycles. The number of carbonyl (C=O) groups is 3. The van der Waals surface area contributed by atoms with E-state index in [1.54, 1.807) is 43.3 Å². The number of benzene rings is 2. The first-order chi connectivity index (χ1) is 14.9. The maximum Gasteiger partial charge on any atom is 0.336 e. The second kappa shape index (κ2) is 8.39. The Balaban J connectivity index is 1.64. The van der Waals surface area contributed by atoms with Crippen molar-refractivity contribution >= 4 is 40.5 Å². The summed E-state index contributed by atoms with van der Waals surface area (Å²) in [5.74, 6) is -1.03. The summed E-state index contributed by atoms with van der Waals surface area (Å²) in [7, 11) is 0. The molecule has 4 rings (SSSR count). The Morgan fingerprint density at radius 2 is 1.74 bits per heavy atom. The third-order valence-electron chi connectivity index (χ3n) is 5.15. The van der Waals surface area contributed by atoms with Crippen LogP contribution in [0.2, 0.25) is 0 Å². The van der Waals surface area contributed by atoms with Gasteiger partial charge in [0, 0.05) is 17.5 Å². The maximum atomic E-state index is 13.0. The summed E-state index contributed by atoms with van der Waals surface area (Å²) >= 11 is 1.50. The molecule has 7 nitrogen and oxygen atoms in total. The van der Waals surface area contributed by atoms with Crippen molar-refractivity contribution in [2.45, 2.75) is 19.4 Å². The second-order valence-corrected chi connectivity index (χ2v) is 8.14. The van der Waals surface area contributed by atoms with Crippen LogP contribution in [0.5, 0.6) is 5.75 Å². The van der Waals surface area contributed by atoms with E-state index in [0.29, 0.717) is 5.75 Å². The van der Waals surface area contributed by atoms with Gasteiger partial charge in [0.25, 0.3) is 11.8 Å². The Hall–Kier alpha value is -3.39. The first-order valence-corrected chi connectivity index (χ1v) is 11.0. The smallest absolute Gasteiger partial charge is 0.336 e. The quantitative estimate of drug-likeness (QED) is 0.252. The summed E-state index contributed by atoms with van der Waals surface area (Å²) in [6.07, 6.45) is 2.13. The summed E-state index contributed by atoms with van der Waals surface area (Å²) in [4.78, 5) is 51.4. The monoisotopic (exact) mass is 437 g/mol. The van der Waals surface area contributed by atoms with Gasteiger partial charge in [-0.05, 0) is 55.2 Å². The Morgan fingerprint density at radius 3 is 2.39 bits per heavy atom. The van der Waals surface area contributed by atoms with Gasteiger partial charge in [0.2, 0.25) is 0 Å². The summed E-state index contributed by atoms with van der Waals surface area (Å²) in [5.41, 5.74) is 1.08. The lowest BCUT2D eigenvalue weighted by atomic mass is 10.1. The summed E-state index contributed by atoms with van der Waals surface area (Å²) in [6.45, 7) is 1.78. The number of esters is 1. The van der Waals surface area contributed by atoms with Gasteiger partial charge in [-0.25, -0.2) is 9.59 Å². The molecule has 2 heterocycles. The average molecular weight is 437 g/mol. The lowest BCUT2D eigenvalue weighted by molar-refractivity contribution is -0.138. The van der Waals surface area contributed by atoms with Gasteiger partial charge in [-0.1, -0.05) is 12.1 Å².